The zero-order valence-electron chi connectivity index (χ0n) is 16.6. The average molecular weight is 421 g/mol. The first kappa shape index (κ1) is 21.6. The number of aliphatic hydroxyl groups is 1. The van der Waals surface area contributed by atoms with Crippen LogP contribution in [0.4, 0.5) is 0 Å². The van der Waals surface area contributed by atoms with Gasteiger partial charge in [-0.1, -0.05) is 44.2 Å². The monoisotopic (exact) mass is 420 g/mol. The van der Waals surface area contributed by atoms with Crippen molar-refractivity contribution in [2.45, 2.75) is 42.7 Å². The van der Waals surface area contributed by atoms with Crippen LogP contribution in [-0.2, 0) is 16.3 Å². The largest absolute Gasteiger partial charge is 0.454 e. The van der Waals surface area contributed by atoms with Gasteiger partial charge in [0.2, 0.25) is 6.79 Å². The number of ether oxygens (including phenoxy) is 2. The van der Waals surface area contributed by atoms with Crippen LogP contribution in [0.3, 0.4) is 0 Å². The minimum atomic E-state index is -3.70. The molecular weight excluding hydrogens is 392 g/mol. The van der Waals surface area contributed by atoms with Crippen molar-refractivity contribution < 1.29 is 23.0 Å². The molecule has 2 aromatic carbocycles. The predicted molar refractivity (Wildman–Crippen MR) is 111 cm³/mol. The smallest absolute Gasteiger partial charge is 0.231 e. The molecule has 4 N–H and O–H groups in total. The molecule has 158 valence electrons. The van der Waals surface area contributed by atoms with Crippen LogP contribution in [0, 0.1) is 5.92 Å². The molecule has 0 amide bonds. The van der Waals surface area contributed by atoms with Crippen molar-refractivity contribution in [1.29, 1.82) is 0 Å². The molecule has 0 fully saturated rings. The van der Waals surface area contributed by atoms with Crippen molar-refractivity contribution in [3.63, 3.8) is 0 Å². The van der Waals surface area contributed by atoms with Crippen LogP contribution in [0.15, 0.2) is 53.4 Å². The van der Waals surface area contributed by atoms with Crippen molar-refractivity contribution in [3.8, 4) is 11.5 Å². The molecule has 0 radical (unpaired) electrons. The molecule has 0 bridgehead atoms. The van der Waals surface area contributed by atoms with Crippen molar-refractivity contribution in [3.05, 3.63) is 54.1 Å². The Bertz CT molecular complexity index is 918. The van der Waals surface area contributed by atoms with E-state index in [-0.39, 0.29) is 24.2 Å². The Morgan fingerprint density at radius 2 is 1.79 bits per heavy atom. The maximum absolute atomic E-state index is 13.2. The van der Waals surface area contributed by atoms with E-state index in [9.17, 15) is 13.5 Å². The fraction of sp³-hybridized carbons (Fsp3) is 0.429. The zero-order valence-corrected chi connectivity index (χ0v) is 17.4. The maximum atomic E-state index is 13.2. The van der Waals surface area contributed by atoms with Gasteiger partial charge in [-0.05, 0) is 30.0 Å². The van der Waals surface area contributed by atoms with E-state index < -0.39 is 27.4 Å². The van der Waals surface area contributed by atoms with E-state index in [0.29, 0.717) is 17.9 Å². The number of aliphatic hydroxyl groups excluding tert-OH is 1. The van der Waals surface area contributed by atoms with Gasteiger partial charge in [0.25, 0.3) is 0 Å². The Morgan fingerprint density at radius 1 is 1.10 bits per heavy atom. The molecule has 0 spiro atoms. The SMILES string of the molecule is CC(C)C(NC[C@@H](O)[C@@H](N)Cc1ccccc1)S(=O)(=O)c1ccc2c(c1)OCO2. The molecule has 3 rings (SSSR count). The lowest BCUT2D eigenvalue weighted by molar-refractivity contribution is 0.139. The van der Waals surface area contributed by atoms with Crippen LogP contribution in [0.1, 0.15) is 19.4 Å². The summed E-state index contributed by atoms with van der Waals surface area (Å²) in [6.45, 7) is 3.79. The quantitative estimate of drug-likeness (QED) is 0.566. The number of nitrogens with two attached hydrogens (primary N) is 1. The van der Waals surface area contributed by atoms with Crippen LogP contribution in [0.25, 0.3) is 0 Å². The van der Waals surface area contributed by atoms with Crippen molar-refractivity contribution in [2.24, 2.45) is 11.7 Å². The third-order valence-corrected chi connectivity index (χ3v) is 7.24. The molecule has 1 aliphatic rings. The number of sulfone groups is 1. The Morgan fingerprint density at radius 3 is 2.48 bits per heavy atom. The highest BCUT2D eigenvalue weighted by Gasteiger charge is 2.32. The molecule has 3 atom stereocenters. The van der Waals surface area contributed by atoms with E-state index in [1.165, 1.54) is 12.1 Å². The normalized spacial score (nSPS) is 16.6. The number of nitrogens with one attached hydrogen (secondary N) is 1. The summed E-state index contributed by atoms with van der Waals surface area (Å²) < 4.78 is 36.9. The third-order valence-electron chi connectivity index (χ3n) is 4.95. The molecule has 2 aromatic rings. The van der Waals surface area contributed by atoms with E-state index in [1.54, 1.807) is 6.07 Å². The first-order valence-electron chi connectivity index (χ1n) is 9.63. The molecular formula is C21H28N2O5S. The number of hydrogen-bond acceptors (Lipinski definition) is 7. The van der Waals surface area contributed by atoms with Crippen LogP contribution in [0.5, 0.6) is 11.5 Å². The molecule has 1 heterocycles. The number of hydrogen-bond donors (Lipinski definition) is 3. The number of fused-ring (bicyclic) bond motifs is 1. The van der Waals surface area contributed by atoms with E-state index >= 15 is 0 Å². The highest BCUT2D eigenvalue weighted by molar-refractivity contribution is 7.92. The lowest BCUT2D eigenvalue weighted by atomic mass is 10.0. The van der Waals surface area contributed by atoms with Crippen LogP contribution in [-0.4, -0.2) is 44.4 Å². The summed E-state index contributed by atoms with van der Waals surface area (Å²) >= 11 is 0. The highest BCUT2D eigenvalue weighted by Crippen LogP contribution is 2.35. The Labute approximate surface area is 171 Å². The van der Waals surface area contributed by atoms with Crippen molar-refractivity contribution in [2.75, 3.05) is 13.3 Å². The molecule has 7 nitrogen and oxygen atoms in total. The second-order valence-electron chi connectivity index (χ2n) is 7.55. The van der Waals surface area contributed by atoms with Gasteiger partial charge in [-0.25, -0.2) is 8.42 Å². The first-order valence-corrected chi connectivity index (χ1v) is 11.2. The Hall–Kier alpha value is -2.13. The summed E-state index contributed by atoms with van der Waals surface area (Å²) in [7, 11) is -3.70. The minimum absolute atomic E-state index is 0.0701. The van der Waals surface area contributed by atoms with Gasteiger partial charge in [0, 0.05) is 18.7 Å². The molecule has 0 saturated carbocycles. The maximum Gasteiger partial charge on any atom is 0.231 e. The molecule has 0 aromatic heterocycles. The summed E-state index contributed by atoms with van der Waals surface area (Å²) in [6.07, 6.45) is -0.381. The van der Waals surface area contributed by atoms with Gasteiger partial charge < -0.3 is 20.3 Å². The van der Waals surface area contributed by atoms with Crippen molar-refractivity contribution in [1.82, 2.24) is 5.32 Å². The molecule has 1 aliphatic heterocycles. The summed E-state index contributed by atoms with van der Waals surface area (Å²) in [6, 6.07) is 13.7. The van der Waals surface area contributed by atoms with Gasteiger partial charge in [-0.2, -0.15) is 0 Å². The van der Waals surface area contributed by atoms with E-state index in [4.69, 9.17) is 15.2 Å². The lowest BCUT2D eigenvalue weighted by Crippen LogP contribution is -2.49. The second-order valence-corrected chi connectivity index (χ2v) is 9.62. The summed E-state index contributed by atoms with van der Waals surface area (Å²) in [4.78, 5) is 0.149. The van der Waals surface area contributed by atoms with E-state index in [1.807, 2.05) is 44.2 Å². The highest BCUT2D eigenvalue weighted by atomic mass is 32.2. The minimum Gasteiger partial charge on any atom is -0.454 e. The average Bonchev–Trinajstić information content (AvgIpc) is 3.16. The molecule has 1 unspecified atom stereocenters. The van der Waals surface area contributed by atoms with Crippen LogP contribution >= 0.6 is 0 Å². The fourth-order valence-corrected chi connectivity index (χ4v) is 5.17. The van der Waals surface area contributed by atoms with Crippen LogP contribution in [0.2, 0.25) is 0 Å². The van der Waals surface area contributed by atoms with Gasteiger partial charge in [-0.15, -0.1) is 0 Å². The summed E-state index contributed by atoms with van der Waals surface area (Å²) in [5.41, 5.74) is 7.14. The number of rotatable bonds is 9. The van der Waals surface area contributed by atoms with Gasteiger partial charge in [0.1, 0.15) is 5.37 Å². The van der Waals surface area contributed by atoms with E-state index in [0.717, 1.165) is 5.56 Å². The Kier molecular flexibility index (Phi) is 6.79. The molecule has 0 saturated heterocycles. The van der Waals surface area contributed by atoms with Crippen molar-refractivity contribution >= 4 is 9.84 Å². The number of benzene rings is 2. The van der Waals surface area contributed by atoms with Gasteiger partial charge in [0.05, 0.1) is 11.0 Å². The fourth-order valence-electron chi connectivity index (χ4n) is 3.31. The van der Waals surface area contributed by atoms with Crippen LogP contribution < -0.4 is 20.5 Å². The standard InChI is InChI=1S/C21H28N2O5S/c1-14(2)21(23-12-18(24)17(22)10-15-6-4-3-5-7-15)29(25,26)16-8-9-19-20(11-16)28-13-27-19/h3-9,11,14,17-18,21,23-24H,10,12-13,22H2,1-2H3/t17-,18+,21?/m0/s1. The topological polar surface area (TPSA) is 111 Å². The summed E-state index contributed by atoms with van der Waals surface area (Å²) in [5.74, 6) is 0.724. The third kappa shape index (κ3) is 5.08. The predicted octanol–water partition coefficient (Wildman–Crippen LogP) is 1.69. The van der Waals surface area contributed by atoms with Gasteiger partial charge in [0.15, 0.2) is 21.3 Å². The van der Waals surface area contributed by atoms with Gasteiger partial charge in [-0.3, -0.25) is 5.32 Å². The van der Waals surface area contributed by atoms with E-state index in [2.05, 4.69) is 5.32 Å². The summed E-state index contributed by atoms with van der Waals surface area (Å²) in [5, 5.41) is 12.6. The second kappa shape index (κ2) is 9.13. The lowest BCUT2D eigenvalue weighted by Gasteiger charge is -2.26. The Balaban J connectivity index is 1.67. The van der Waals surface area contributed by atoms with Gasteiger partial charge >= 0.3 is 0 Å². The molecule has 0 aliphatic carbocycles. The zero-order chi connectivity index (χ0) is 21.0. The molecule has 29 heavy (non-hydrogen) atoms. The first-order chi connectivity index (χ1) is 13.8. The molecule has 8 heteroatoms.